The lowest BCUT2D eigenvalue weighted by atomic mass is 10.2. The van der Waals surface area contributed by atoms with E-state index >= 15 is 0 Å². The number of amides is 2. The number of halogens is 1. The first-order chi connectivity index (χ1) is 13.9. The topological polar surface area (TPSA) is 130 Å². The van der Waals surface area contributed by atoms with Gasteiger partial charge in [0, 0.05) is 18.0 Å². The Kier molecular flexibility index (Phi) is 5.79. The van der Waals surface area contributed by atoms with E-state index in [-0.39, 0.29) is 21.8 Å². The zero-order chi connectivity index (χ0) is 20.9. The van der Waals surface area contributed by atoms with Crippen LogP contribution in [0.2, 0.25) is 0 Å². The Morgan fingerprint density at radius 3 is 2.24 bits per heavy atom. The standard InChI is InChI=1S/C18H14FN5O4S/c19-14-3-1-2-4-15(14)24-29(27,28)13-7-5-12(6-8-13)17(25)22-23-18(26)16-11-20-9-10-21-16/h1-11,24H,(H,22,25)(H,23,26). The van der Waals surface area contributed by atoms with Crippen LogP contribution in [0.5, 0.6) is 0 Å². The molecule has 0 saturated heterocycles. The first-order valence-corrected chi connectivity index (χ1v) is 9.59. The number of para-hydroxylation sites is 1. The van der Waals surface area contributed by atoms with E-state index in [4.69, 9.17) is 0 Å². The number of hydrazine groups is 1. The van der Waals surface area contributed by atoms with Gasteiger partial charge in [-0.15, -0.1) is 0 Å². The summed E-state index contributed by atoms with van der Waals surface area (Å²) in [5.41, 5.74) is 4.26. The Balaban J connectivity index is 1.65. The molecule has 1 aromatic heterocycles. The third-order valence-corrected chi connectivity index (χ3v) is 5.01. The van der Waals surface area contributed by atoms with Crippen LogP contribution in [-0.2, 0) is 10.0 Å². The molecule has 148 valence electrons. The summed E-state index contributed by atoms with van der Waals surface area (Å²) in [7, 11) is -4.05. The molecule has 0 spiro atoms. The van der Waals surface area contributed by atoms with E-state index in [0.29, 0.717) is 0 Å². The van der Waals surface area contributed by atoms with Crippen LogP contribution in [0, 0.1) is 5.82 Å². The van der Waals surface area contributed by atoms with E-state index < -0.39 is 27.7 Å². The average molecular weight is 415 g/mol. The summed E-state index contributed by atoms with van der Waals surface area (Å²) in [5.74, 6) is -2.06. The second kappa shape index (κ2) is 8.44. The van der Waals surface area contributed by atoms with E-state index in [9.17, 15) is 22.4 Å². The van der Waals surface area contributed by atoms with Gasteiger partial charge in [-0.25, -0.2) is 17.8 Å². The number of rotatable bonds is 5. The van der Waals surface area contributed by atoms with Gasteiger partial charge in [0.25, 0.3) is 21.8 Å². The smallest absolute Gasteiger partial charge is 0.277 e. The summed E-state index contributed by atoms with van der Waals surface area (Å²) in [4.78, 5) is 31.3. The lowest BCUT2D eigenvalue weighted by molar-refractivity contribution is 0.0843. The predicted molar refractivity (Wildman–Crippen MR) is 101 cm³/mol. The van der Waals surface area contributed by atoms with Gasteiger partial charge in [0.05, 0.1) is 16.8 Å². The molecule has 0 fully saturated rings. The summed E-state index contributed by atoms with van der Waals surface area (Å²) in [6.07, 6.45) is 3.95. The van der Waals surface area contributed by atoms with Crippen LogP contribution in [-0.4, -0.2) is 30.2 Å². The van der Waals surface area contributed by atoms with Crippen molar-refractivity contribution in [3.63, 3.8) is 0 Å². The van der Waals surface area contributed by atoms with Crippen molar-refractivity contribution in [3.8, 4) is 0 Å². The highest BCUT2D eigenvalue weighted by Gasteiger charge is 2.17. The van der Waals surface area contributed by atoms with Crippen LogP contribution in [0.25, 0.3) is 0 Å². The van der Waals surface area contributed by atoms with Crippen molar-refractivity contribution < 1.29 is 22.4 Å². The SMILES string of the molecule is O=C(NNC(=O)c1cnccn1)c1ccc(S(=O)(=O)Nc2ccccc2F)cc1. The zero-order valence-electron chi connectivity index (χ0n) is 14.7. The first kappa shape index (κ1) is 19.9. The van der Waals surface area contributed by atoms with Crippen molar-refractivity contribution >= 4 is 27.5 Å². The average Bonchev–Trinajstić information content (AvgIpc) is 2.74. The van der Waals surface area contributed by atoms with Crippen LogP contribution in [0.3, 0.4) is 0 Å². The molecule has 0 atom stereocenters. The van der Waals surface area contributed by atoms with Crippen LogP contribution >= 0.6 is 0 Å². The van der Waals surface area contributed by atoms with E-state index in [0.717, 1.165) is 6.07 Å². The molecule has 0 unspecified atom stereocenters. The third-order valence-electron chi connectivity index (χ3n) is 3.63. The van der Waals surface area contributed by atoms with Gasteiger partial charge in [-0.2, -0.15) is 0 Å². The quantitative estimate of drug-likeness (QED) is 0.542. The fourth-order valence-electron chi connectivity index (χ4n) is 2.20. The van der Waals surface area contributed by atoms with E-state index in [2.05, 4.69) is 25.5 Å². The molecule has 1 heterocycles. The fraction of sp³-hybridized carbons (Fsp3) is 0. The summed E-state index contributed by atoms with van der Waals surface area (Å²) < 4.78 is 40.5. The lowest BCUT2D eigenvalue weighted by Crippen LogP contribution is -2.42. The molecule has 9 nitrogen and oxygen atoms in total. The number of benzene rings is 2. The van der Waals surface area contributed by atoms with Crippen LogP contribution < -0.4 is 15.6 Å². The molecule has 0 bridgehead atoms. The third kappa shape index (κ3) is 4.90. The number of sulfonamides is 1. The minimum atomic E-state index is -4.05. The van der Waals surface area contributed by atoms with E-state index in [1.54, 1.807) is 0 Å². The molecule has 0 aliphatic rings. The summed E-state index contributed by atoms with van der Waals surface area (Å²) in [6.45, 7) is 0. The molecule has 3 N–H and O–H groups in total. The highest BCUT2D eigenvalue weighted by Crippen LogP contribution is 2.19. The summed E-state index contributed by atoms with van der Waals surface area (Å²) in [5, 5.41) is 0. The minimum Gasteiger partial charge on any atom is -0.277 e. The van der Waals surface area contributed by atoms with Gasteiger partial charge in [0.15, 0.2) is 0 Å². The van der Waals surface area contributed by atoms with Crippen LogP contribution in [0.4, 0.5) is 10.1 Å². The van der Waals surface area contributed by atoms with Gasteiger partial charge in [0.1, 0.15) is 11.5 Å². The second-order valence-electron chi connectivity index (χ2n) is 5.61. The van der Waals surface area contributed by atoms with Crippen molar-refractivity contribution in [2.45, 2.75) is 4.90 Å². The second-order valence-corrected chi connectivity index (χ2v) is 7.29. The van der Waals surface area contributed by atoms with Crippen molar-refractivity contribution in [1.82, 2.24) is 20.8 Å². The zero-order valence-corrected chi connectivity index (χ0v) is 15.5. The molecule has 3 aromatic rings. The number of hydrogen-bond acceptors (Lipinski definition) is 6. The first-order valence-electron chi connectivity index (χ1n) is 8.11. The number of aromatic nitrogens is 2. The maximum Gasteiger partial charge on any atom is 0.289 e. The Bertz CT molecular complexity index is 1140. The van der Waals surface area contributed by atoms with E-state index in [1.165, 1.54) is 61.1 Å². The molecule has 0 aliphatic carbocycles. The number of carbonyl (C=O) groups is 2. The number of hydrogen-bond donors (Lipinski definition) is 3. The molecule has 0 radical (unpaired) electrons. The van der Waals surface area contributed by atoms with Crippen molar-refractivity contribution in [2.75, 3.05) is 4.72 Å². The number of carbonyl (C=O) groups excluding carboxylic acids is 2. The van der Waals surface area contributed by atoms with Gasteiger partial charge < -0.3 is 0 Å². The van der Waals surface area contributed by atoms with Gasteiger partial charge in [-0.3, -0.25) is 30.1 Å². The highest BCUT2D eigenvalue weighted by atomic mass is 32.2. The minimum absolute atomic E-state index is 0.00783. The summed E-state index contributed by atoms with van der Waals surface area (Å²) >= 11 is 0. The Morgan fingerprint density at radius 2 is 1.59 bits per heavy atom. The lowest BCUT2D eigenvalue weighted by Gasteiger charge is -2.10. The van der Waals surface area contributed by atoms with E-state index in [1.807, 2.05) is 0 Å². The molecule has 0 saturated carbocycles. The molecular weight excluding hydrogens is 401 g/mol. The van der Waals surface area contributed by atoms with Gasteiger partial charge in [0.2, 0.25) is 0 Å². The normalized spacial score (nSPS) is 10.8. The number of nitrogens with zero attached hydrogens (tertiary/aromatic N) is 2. The fourth-order valence-corrected chi connectivity index (χ4v) is 3.27. The van der Waals surface area contributed by atoms with Crippen molar-refractivity contribution in [3.05, 3.63) is 84.2 Å². The predicted octanol–water partition coefficient (Wildman–Crippen LogP) is 1.49. The number of nitrogens with one attached hydrogen (secondary N) is 3. The maximum atomic E-state index is 13.7. The highest BCUT2D eigenvalue weighted by molar-refractivity contribution is 7.92. The molecule has 11 heteroatoms. The van der Waals surface area contributed by atoms with Crippen molar-refractivity contribution in [2.24, 2.45) is 0 Å². The van der Waals surface area contributed by atoms with Gasteiger partial charge in [-0.1, -0.05) is 12.1 Å². The van der Waals surface area contributed by atoms with Gasteiger partial charge >= 0.3 is 0 Å². The molecule has 29 heavy (non-hydrogen) atoms. The molecular formula is C18H14FN5O4S. The van der Waals surface area contributed by atoms with Crippen LogP contribution in [0.15, 0.2) is 72.0 Å². The molecule has 2 aromatic carbocycles. The molecule has 0 aliphatic heterocycles. The van der Waals surface area contributed by atoms with Gasteiger partial charge in [-0.05, 0) is 36.4 Å². The molecule has 3 rings (SSSR count). The number of anilines is 1. The Labute approximate surface area is 165 Å². The maximum absolute atomic E-state index is 13.7. The largest absolute Gasteiger partial charge is 0.289 e. The van der Waals surface area contributed by atoms with Crippen LogP contribution in [0.1, 0.15) is 20.8 Å². The Hall–Kier alpha value is -3.86. The summed E-state index contributed by atoms with van der Waals surface area (Å²) in [6, 6.07) is 10.2. The Morgan fingerprint density at radius 1 is 0.897 bits per heavy atom. The monoisotopic (exact) mass is 415 g/mol. The molecule has 2 amide bonds. The van der Waals surface area contributed by atoms with Crippen molar-refractivity contribution in [1.29, 1.82) is 0 Å².